The minimum Gasteiger partial charge on any atom is -0.301 e. The topological polar surface area (TPSA) is 45.5 Å². The van der Waals surface area contributed by atoms with Gasteiger partial charge in [0.15, 0.2) is 5.82 Å². The maximum Gasteiger partial charge on any atom is 0.166 e. The molecule has 0 amide bonds. The molecule has 0 bridgehead atoms. The van der Waals surface area contributed by atoms with E-state index < -0.39 is 0 Å². The molecule has 2 aromatic rings. The number of hydrazine groups is 1. The third-order valence-electron chi connectivity index (χ3n) is 3.13. The van der Waals surface area contributed by atoms with Crippen LogP contribution < -0.4 is 5.43 Å². The normalized spacial score (nSPS) is 17.5. The monoisotopic (exact) mass is 231 g/mol. The van der Waals surface area contributed by atoms with Gasteiger partial charge in [0.25, 0.3) is 0 Å². The number of nitrogens with one attached hydrogen (secondary N) is 1. The Morgan fingerprint density at radius 1 is 1.24 bits per heavy atom. The molecule has 0 aromatic carbocycles. The van der Waals surface area contributed by atoms with Crippen molar-refractivity contribution in [2.24, 2.45) is 0 Å². The van der Waals surface area contributed by atoms with Crippen molar-refractivity contribution in [1.82, 2.24) is 19.6 Å². The van der Waals surface area contributed by atoms with Crippen molar-refractivity contribution in [3.8, 4) is 0 Å². The van der Waals surface area contributed by atoms with Crippen molar-refractivity contribution in [2.45, 2.75) is 26.2 Å². The Balaban J connectivity index is 1.88. The van der Waals surface area contributed by atoms with Crippen LogP contribution in [0, 0.1) is 6.92 Å². The molecule has 3 heterocycles. The fourth-order valence-electron chi connectivity index (χ4n) is 2.29. The summed E-state index contributed by atoms with van der Waals surface area (Å²) in [5.74, 6) is 0.898. The average Bonchev–Trinajstić information content (AvgIpc) is 2.72. The second-order valence-electron chi connectivity index (χ2n) is 4.55. The number of aryl methyl sites for hydroxylation is 1. The van der Waals surface area contributed by atoms with Crippen LogP contribution in [0.3, 0.4) is 0 Å². The third-order valence-corrected chi connectivity index (χ3v) is 3.13. The molecule has 0 aliphatic carbocycles. The summed E-state index contributed by atoms with van der Waals surface area (Å²) in [7, 11) is 0. The van der Waals surface area contributed by atoms with Gasteiger partial charge in [-0.1, -0.05) is 6.42 Å². The number of hydrogen-bond donors (Lipinski definition) is 1. The SMILES string of the molecule is Cc1cc2c(NN3CCCCC3)nccn2n1. The summed E-state index contributed by atoms with van der Waals surface area (Å²) >= 11 is 0. The highest BCUT2D eigenvalue weighted by Gasteiger charge is 2.12. The van der Waals surface area contributed by atoms with Crippen molar-refractivity contribution in [3.63, 3.8) is 0 Å². The van der Waals surface area contributed by atoms with Gasteiger partial charge in [0.05, 0.1) is 5.69 Å². The molecule has 17 heavy (non-hydrogen) atoms. The van der Waals surface area contributed by atoms with Gasteiger partial charge in [0, 0.05) is 25.5 Å². The highest BCUT2D eigenvalue weighted by molar-refractivity contribution is 5.67. The molecule has 3 rings (SSSR count). The minimum absolute atomic E-state index is 0.898. The molecule has 0 atom stereocenters. The van der Waals surface area contributed by atoms with E-state index in [1.165, 1.54) is 19.3 Å². The van der Waals surface area contributed by atoms with E-state index in [4.69, 9.17) is 0 Å². The maximum atomic E-state index is 4.40. The molecule has 90 valence electrons. The Morgan fingerprint density at radius 2 is 2.06 bits per heavy atom. The quantitative estimate of drug-likeness (QED) is 0.856. The summed E-state index contributed by atoms with van der Waals surface area (Å²) in [6.45, 7) is 4.18. The fourth-order valence-corrected chi connectivity index (χ4v) is 2.29. The van der Waals surface area contributed by atoms with Gasteiger partial charge in [-0.3, -0.25) is 0 Å². The van der Waals surface area contributed by atoms with Crippen LogP contribution in [0.15, 0.2) is 18.5 Å². The van der Waals surface area contributed by atoms with Crippen LogP contribution in [0.5, 0.6) is 0 Å². The van der Waals surface area contributed by atoms with Gasteiger partial charge in [-0.2, -0.15) is 5.10 Å². The van der Waals surface area contributed by atoms with Crippen LogP contribution in [0.2, 0.25) is 0 Å². The molecular formula is C12H17N5. The van der Waals surface area contributed by atoms with Gasteiger partial charge in [-0.05, 0) is 25.8 Å². The van der Waals surface area contributed by atoms with E-state index in [9.17, 15) is 0 Å². The van der Waals surface area contributed by atoms with Gasteiger partial charge < -0.3 is 5.43 Å². The predicted octanol–water partition coefficient (Wildman–Crippen LogP) is 1.85. The minimum atomic E-state index is 0.898. The molecule has 0 unspecified atom stereocenters. The zero-order valence-corrected chi connectivity index (χ0v) is 10.1. The number of aromatic nitrogens is 3. The largest absolute Gasteiger partial charge is 0.301 e. The van der Waals surface area contributed by atoms with Crippen LogP contribution in [-0.4, -0.2) is 32.7 Å². The number of rotatable bonds is 2. The van der Waals surface area contributed by atoms with Crippen molar-refractivity contribution in [2.75, 3.05) is 18.5 Å². The van der Waals surface area contributed by atoms with Crippen LogP contribution in [0.1, 0.15) is 25.0 Å². The first-order chi connectivity index (χ1) is 8.33. The second kappa shape index (κ2) is 4.33. The summed E-state index contributed by atoms with van der Waals surface area (Å²) < 4.78 is 1.87. The Hall–Kier alpha value is -1.62. The van der Waals surface area contributed by atoms with Gasteiger partial charge in [-0.15, -0.1) is 0 Å². The van der Waals surface area contributed by atoms with E-state index in [0.717, 1.165) is 30.1 Å². The van der Waals surface area contributed by atoms with Crippen molar-refractivity contribution < 1.29 is 0 Å². The zero-order chi connectivity index (χ0) is 11.7. The molecule has 0 radical (unpaired) electrons. The second-order valence-corrected chi connectivity index (χ2v) is 4.55. The summed E-state index contributed by atoms with van der Waals surface area (Å²) in [6, 6.07) is 2.05. The summed E-state index contributed by atoms with van der Waals surface area (Å²) in [5, 5.41) is 6.63. The highest BCUT2D eigenvalue weighted by atomic mass is 15.5. The molecular weight excluding hydrogens is 214 g/mol. The Bertz CT molecular complexity index is 513. The average molecular weight is 231 g/mol. The molecule has 0 spiro atoms. The van der Waals surface area contributed by atoms with Crippen molar-refractivity contribution in [3.05, 3.63) is 24.2 Å². The zero-order valence-electron chi connectivity index (χ0n) is 10.1. The fraction of sp³-hybridized carbons (Fsp3) is 0.500. The molecule has 1 aliphatic rings. The number of hydrogen-bond acceptors (Lipinski definition) is 4. The lowest BCUT2D eigenvalue weighted by Gasteiger charge is -2.27. The molecule has 1 aliphatic heterocycles. The van der Waals surface area contributed by atoms with Gasteiger partial charge >= 0.3 is 0 Å². The van der Waals surface area contributed by atoms with Gasteiger partial charge in [-0.25, -0.2) is 14.5 Å². The molecule has 5 heteroatoms. The highest BCUT2D eigenvalue weighted by Crippen LogP contribution is 2.17. The van der Waals surface area contributed by atoms with Crippen molar-refractivity contribution in [1.29, 1.82) is 0 Å². The van der Waals surface area contributed by atoms with E-state index in [1.807, 2.05) is 17.6 Å². The lowest BCUT2D eigenvalue weighted by Crippen LogP contribution is -2.35. The molecule has 1 fully saturated rings. The molecule has 0 saturated carbocycles. The Labute approximate surface area is 100 Å². The first-order valence-corrected chi connectivity index (χ1v) is 6.15. The third kappa shape index (κ3) is 2.10. The molecule has 5 nitrogen and oxygen atoms in total. The molecule has 1 N–H and O–H groups in total. The number of fused-ring (bicyclic) bond motifs is 1. The van der Waals surface area contributed by atoms with E-state index in [-0.39, 0.29) is 0 Å². The van der Waals surface area contributed by atoms with E-state index >= 15 is 0 Å². The maximum absolute atomic E-state index is 4.40. The van der Waals surface area contributed by atoms with E-state index in [1.54, 1.807) is 6.20 Å². The van der Waals surface area contributed by atoms with E-state index in [2.05, 4.69) is 26.6 Å². The molecule has 2 aromatic heterocycles. The standard InChI is InChI=1S/C12H17N5/c1-10-9-11-12(13-5-8-17(11)14-10)15-16-6-3-2-4-7-16/h5,8-9H,2-4,6-7H2,1H3,(H,13,15). The summed E-state index contributed by atoms with van der Waals surface area (Å²) in [5.41, 5.74) is 5.45. The number of nitrogens with zero attached hydrogens (tertiary/aromatic N) is 4. The summed E-state index contributed by atoms with van der Waals surface area (Å²) in [6.07, 6.45) is 7.51. The van der Waals surface area contributed by atoms with Crippen LogP contribution in [0.4, 0.5) is 5.82 Å². The summed E-state index contributed by atoms with van der Waals surface area (Å²) in [4.78, 5) is 4.40. The van der Waals surface area contributed by atoms with Crippen molar-refractivity contribution >= 4 is 11.3 Å². The number of piperidine rings is 1. The predicted molar refractivity (Wildman–Crippen MR) is 66.8 cm³/mol. The number of anilines is 1. The van der Waals surface area contributed by atoms with Crippen LogP contribution >= 0.6 is 0 Å². The Morgan fingerprint density at radius 3 is 2.88 bits per heavy atom. The lowest BCUT2D eigenvalue weighted by atomic mass is 10.2. The Kier molecular flexibility index (Phi) is 2.68. The lowest BCUT2D eigenvalue weighted by molar-refractivity contribution is 0.272. The van der Waals surface area contributed by atoms with Crippen LogP contribution in [0.25, 0.3) is 5.52 Å². The van der Waals surface area contributed by atoms with Crippen LogP contribution in [-0.2, 0) is 0 Å². The smallest absolute Gasteiger partial charge is 0.166 e. The van der Waals surface area contributed by atoms with E-state index in [0.29, 0.717) is 0 Å². The van der Waals surface area contributed by atoms with Gasteiger partial charge in [0.1, 0.15) is 5.52 Å². The molecule has 1 saturated heterocycles. The van der Waals surface area contributed by atoms with Gasteiger partial charge in [0.2, 0.25) is 0 Å². The first-order valence-electron chi connectivity index (χ1n) is 6.15. The first kappa shape index (κ1) is 10.5.